The van der Waals surface area contributed by atoms with Crippen LogP contribution < -0.4 is 10.6 Å². The summed E-state index contributed by atoms with van der Waals surface area (Å²) in [6.07, 6.45) is 5.07. The number of aliphatic carboxylic acids is 1. The molecule has 0 spiro atoms. The number of hydrogen-bond donors (Lipinski definition) is 4. The van der Waals surface area contributed by atoms with Gasteiger partial charge in [0.15, 0.2) is 6.10 Å². The number of carbonyl (C=O) groups is 2. The minimum Gasteiger partial charge on any atom is -0.479 e. The Bertz CT molecular complexity index is 314. The summed E-state index contributed by atoms with van der Waals surface area (Å²) < 4.78 is 0. The summed E-state index contributed by atoms with van der Waals surface area (Å²) in [5.41, 5.74) is 0. The van der Waals surface area contributed by atoms with Gasteiger partial charge in [0.05, 0.1) is 0 Å². The highest BCUT2D eigenvalue weighted by atomic mass is 32.2. The molecule has 0 heterocycles. The van der Waals surface area contributed by atoms with Gasteiger partial charge in [0.2, 0.25) is 0 Å². The van der Waals surface area contributed by atoms with E-state index < -0.39 is 12.1 Å². The number of aliphatic hydroxyl groups excluding tert-OH is 1. The quantitative estimate of drug-likeness (QED) is 0.580. The molecule has 1 saturated carbocycles. The number of urea groups is 1. The molecule has 1 aliphatic rings. The lowest BCUT2D eigenvalue weighted by atomic mass is 9.95. The number of aliphatic hydroxyl groups is 1. The van der Waals surface area contributed by atoms with Crippen molar-refractivity contribution in [1.29, 1.82) is 0 Å². The second-order valence-corrected chi connectivity index (χ2v) is 5.78. The van der Waals surface area contributed by atoms with Crippen LogP contribution in [0.4, 0.5) is 4.79 Å². The van der Waals surface area contributed by atoms with E-state index in [1.165, 1.54) is 6.42 Å². The Hall–Kier alpha value is -0.950. The van der Waals surface area contributed by atoms with Gasteiger partial charge in [0.1, 0.15) is 0 Å². The first-order valence-corrected chi connectivity index (χ1v) is 7.81. The first-order chi connectivity index (χ1) is 9.04. The predicted octanol–water partition coefficient (Wildman–Crippen LogP) is 0.795. The Kier molecular flexibility index (Phi) is 7.01. The molecule has 0 bridgehead atoms. The number of thioether (sulfide) groups is 1. The molecule has 0 aliphatic heterocycles. The summed E-state index contributed by atoms with van der Waals surface area (Å²) in [6, 6.07) is -0.114. The Morgan fingerprint density at radius 2 is 2.05 bits per heavy atom. The summed E-state index contributed by atoms with van der Waals surface area (Å²) in [5.74, 6) is -1.27. The topological polar surface area (TPSA) is 98.7 Å². The highest BCUT2D eigenvalue weighted by Crippen LogP contribution is 2.26. The lowest BCUT2D eigenvalue weighted by molar-refractivity contribution is -0.146. The van der Waals surface area contributed by atoms with Crippen molar-refractivity contribution in [2.24, 2.45) is 0 Å². The molecule has 0 aromatic heterocycles. The third kappa shape index (κ3) is 5.69. The van der Waals surface area contributed by atoms with Crippen molar-refractivity contribution in [1.82, 2.24) is 10.6 Å². The third-order valence-electron chi connectivity index (χ3n) is 3.31. The molecule has 1 rings (SSSR count). The molecule has 6 nitrogen and oxygen atoms in total. The SMILES string of the molecule is CSC1CCCCC1NC(=O)NCC[C@H](O)C(=O)O. The molecule has 0 aromatic rings. The van der Waals surface area contributed by atoms with Gasteiger partial charge in [-0.05, 0) is 19.1 Å². The molecule has 7 heteroatoms. The highest BCUT2D eigenvalue weighted by Gasteiger charge is 2.25. The Morgan fingerprint density at radius 3 is 2.68 bits per heavy atom. The van der Waals surface area contributed by atoms with Crippen molar-refractivity contribution in [3.63, 3.8) is 0 Å². The van der Waals surface area contributed by atoms with E-state index >= 15 is 0 Å². The molecule has 3 atom stereocenters. The molecule has 0 saturated heterocycles. The van der Waals surface area contributed by atoms with Gasteiger partial charge in [-0.25, -0.2) is 9.59 Å². The molecular formula is C12H22N2O4S. The van der Waals surface area contributed by atoms with Crippen molar-refractivity contribution in [3.05, 3.63) is 0 Å². The summed E-state index contributed by atoms with van der Waals surface area (Å²) in [7, 11) is 0. The number of rotatable bonds is 6. The first kappa shape index (κ1) is 16.1. The fraction of sp³-hybridized carbons (Fsp3) is 0.833. The van der Waals surface area contributed by atoms with Crippen LogP contribution in [-0.4, -0.2) is 52.4 Å². The Labute approximate surface area is 117 Å². The van der Waals surface area contributed by atoms with E-state index in [0.717, 1.165) is 19.3 Å². The van der Waals surface area contributed by atoms with Crippen molar-refractivity contribution >= 4 is 23.8 Å². The number of carbonyl (C=O) groups excluding carboxylic acids is 1. The van der Waals surface area contributed by atoms with Crippen LogP contribution in [0.25, 0.3) is 0 Å². The molecule has 0 radical (unpaired) electrons. The second kappa shape index (κ2) is 8.27. The van der Waals surface area contributed by atoms with E-state index in [-0.39, 0.29) is 25.0 Å². The Morgan fingerprint density at radius 1 is 1.37 bits per heavy atom. The van der Waals surface area contributed by atoms with Crippen LogP contribution in [0, 0.1) is 0 Å². The van der Waals surface area contributed by atoms with Crippen LogP contribution in [0.2, 0.25) is 0 Å². The number of hydrogen-bond acceptors (Lipinski definition) is 4. The smallest absolute Gasteiger partial charge is 0.332 e. The van der Waals surface area contributed by atoms with Gasteiger partial charge in [-0.15, -0.1) is 0 Å². The summed E-state index contributed by atoms with van der Waals surface area (Å²) >= 11 is 1.77. The van der Waals surface area contributed by atoms with Crippen LogP contribution in [0.1, 0.15) is 32.1 Å². The van der Waals surface area contributed by atoms with Crippen LogP contribution in [0.3, 0.4) is 0 Å². The molecule has 2 unspecified atom stereocenters. The fourth-order valence-corrected chi connectivity index (χ4v) is 3.14. The zero-order valence-corrected chi connectivity index (χ0v) is 11.9. The summed E-state index contributed by atoms with van der Waals surface area (Å²) in [4.78, 5) is 22.1. The minimum absolute atomic E-state index is 0.0133. The Balaban J connectivity index is 2.24. The molecule has 4 N–H and O–H groups in total. The van der Waals surface area contributed by atoms with E-state index in [0.29, 0.717) is 5.25 Å². The van der Waals surface area contributed by atoms with E-state index in [9.17, 15) is 9.59 Å². The maximum Gasteiger partial charge on any atom is 0.332 e. The molecule has 2 amide bonds. The predicted molar refractivity (Wildman–Crippen MR) is 74.4 cm³/mol. The van der Waals surface area contributed by atoms with Gasteiger partial charge in [0, 0.05) is 24.3 Å². The van der Waals surface area contributed by atoms with Gasteiger partial charge in [-0.2, -0.15) is 11.8 Å². The number of amides is 2. The normalized spacial score (nSPS) is 24.5. The van der Waals surface area contributed by atoms with Gasteiger partial charge in [-0.3, -0.25) is 0 Å². The maximum absolute atomic E-state index is 11.7. The molecule has 110 valence electrons. The molecule has 19 heavy (non-hydrogen) atoms. The maximum atomic E-state index is 11.7. The largest absolute Gasteiger partial charge is 0.479 e. The van der Waals surface area contributed by atoms with Gasteiger partial charge in [-0.1, -0.05) is 12.8 Å². The monoisotopic (exact) mass is 290 g/mol. The van der Waals surface area contributed by atoms with Gasteiger partial charge in [0.25, 0.3) is 0 Å². The van der Waals surface area contributed by atoms with Gasteiger partial charge >= 0.3 is 12.0 Å². The number of carboxylic acids is 1. The lowest BCUT2D eigenvalue weighted by Crippen LogP contribution is -2.48. The van der Waals surface area contributed by atoms with Crippen LogP contribution in [0.15, 0.2) is 0 Å². The average Bonchev–Trinajstić information content (AvgIpc) is 2.39. The van der Waals surface area contributed by atoms with Crippen molar-refractivity contribution in [3.8, 4) is 0 Å². The van der Waals surface area contributed by atoms with E-state index in [1.807, 2.05) is 6.26 Å². The highest BCUT2D eigenvalue weighted by molar-refractivity contribution is 7.99. The fourth-order valence-electron chi connectivity index (χ4n) is 2.21. The van der Waals surface area contributed by atoms with Crippen LogP contribution in [-0.2, 0) is 4.79 Å². The van der Waals surface area contributed by atoms with Crippen molar-refractivity contribution < 1.29 is 19.8 Å². The first-order valence-electron chi connectivity index (χ1n) is 6.52. The van der Waals surface area contributed by atoms with Crippen LogP contribution >= 0.6 is 11.8 Å². The minimum atomic E-state index is -1.42. The second-order valence-electron chi connectivity index (χ2n) is 4.71. The van der Waals surface area contributed by atoms with Crippen molar-refractivity contribution in [2.45, 2.75) is 49.5 Å². The molecule has 1 aliphatic carbocycles. The summed E-state index contributed by atoms with van der Waals surface area (Å²) in [6.45, 7) is 0.149. The average molecular weight is 290 g/mol. The standard InChI is InChI=1S/C12H22N2O4S/c1-19-10-5-3-2-4-8(10)14-12(18)13-7-6-9(15)11(16)17/h8-10,15H,2-7H2,1H3,(H,16,17)(H2,13,14,18)/t8?,9-,10?/m0/s1. The van der Waals surface area contributed by atoms with E-state index in [2.05, 4.69) is 10.6 Å². The number of carboxylic acid groups (broad SMARTS) is 1. The zero-order chi connectivity index (χ0) is 14.3. The number of nitrogens with one attached hydrogen (secondary N) is 2. The third-order valence-corrected chi connectivity index (χ3v) is 4.48. The molecule has 1 fully saturated rings. The van der Waals surface area contributed by atoms with Crippen molar-refractivity contribution in [2.75, 3.05) is 12.8 Å². The van der Waals surface area contributed by atoms with Gasteiger partial charge < -0.3 is 20.8 Å². The zero-order valence-electron chi connectivity index (χ0n) is 11.1. The van der Waals surface area contributed by atoms with E-state index in [4.69, 9.17) is 10.2 Å². The lowest BCUT2D eigenvalue weighted by Gasteiger charge is -2.30. The van der Waals surface area contributed by atoms with E-state index in [1.54, 1.807) is 11.8 Å². The summed E-state index contributed by atoms with van der Waals surface area (Å²) in [5, 5.41) is 23.5. The van der Waals surface area contributed by atoms with Crippen LogP contribution in [0.5, 0.6) is 0 Å². The molecule has 0 aromatic carbocycles. The molecular weight excluding hydrogens is 268 g/mol.